The Balaban J connectivity index is 1.39. The van der Waals surface area contributed by atoms with Gasteiger partial charge in [0, 0.05) is 36.3 Å². The lowest BCUT2D eigenvalue weighted by Crippen LogP contribution is -2.24. The fourth-order valence-corrected chi connectivity index (χ4v) is 5.15. The number of anilines is 1. The molecule has 0 bridgehead atoms. The third-order valence-corrected chi connectivity index (χ3v) is 6.92. The van der Waals surface area contributed by atoms with Gasteiger partial charge in [0.05, 0.1) is 5.75 Å². The van der Waals surface area contributed by atoms with Crippen LogP contribution in [0.3, 0.4) is 0 Å². The molecule has 1 fully saturated rings. The quantitative estimate of drug-likeness (QED) is 0.575. The second kappa shape index (κ2) is 7.74. The molecule has 0 spiro atoms. The van der Waals surface area contributed by atoms with Crippen LogP contribution in [0.1, 0.15) is 50.9 Å². The van der Waals surface area contributed by atoms with Crippen molar-refractivity contribution in [1.82, 2.24) is 15.2 Å². The molecule has 2 aliphatic rings. The van der Waals surface area contributed by atoms with E-state index in [2.05, 4.69) is 52.1 Å². The average molecular weight is 397 g/mol. The zero-order chi connectivity index (χ0) is 19.7. The third kappa shape index (κ3) is 3.75. The number of carbonyl (C=O) groups is 1. The number of ketones is 1. The Morgan fingerprint density at radius 3 is 2.82 bits per heavy atom. The molecule has 2 heterocycles. The van der Waals surface area contributed by atoms with Crippen molar-refractivity contribution in [3.63, 3.8) is 0 Å². The summed E-state index contributed by atoms with van der Waals surface area (Å²) in [6, 6.07) is 8.35. The summed E-state index contributed by atoms with van der Waals surface area (Å²) >= 11 is 1.41. The van der Waals surface area contributed by atoms with Gasteiger partial charge in [-0.1, -0.05) is 69.5 Å². The standard InChI is InChI=1S/C22H28N4OS/c1-22(2)17-10-6-7-11-18(17)26(3)19(22)13-16(27)14-28-21-23-20(24-25-21)12-15-8-4-5-9-15/h6-7,10-11,13,15H,4-5,8-9,12,14H2,1-3H3,(H,23,24,25)/b19-13-. The van der Waals surface area contributed by atoms with E-state index in [1.807, 2.05) is 13.1 Å². The normalized spacial score (nSPS) is 20.1. The summed E-state index contributed by atoms with van der Waals surface area (Å²) < 4.78 is 0. The molecule has 0 unspecified atom stereocenters. The highest BCUT2D eigenvalue weighted by Gasteiger charge is 2.38. The predicted molar refractivity (Wildman–Crippen MR) is 114 cm³/mol. The summed E-state index contributed by atoms with van der Waals surface area (Å²) in [5.74, 6) is 2.13. The lowest BCUT2D eigenvalue weighted by molar-refractivity contribution is -0.112. The molecule has 1 aromatic heterocycles. The number of para-hydroxylation sites is 1. The predicted octanol–water partition coefficient (Wildman–Crippen LogP) is 4.51. The van der Waals surface area contributed by atoms with Gasteiger partial charge in [-0.3, -0.25) is 9.89 Å². The topological polar surface area (TPSA) is 61.9 Å². The van der Waals surface area contributed by atoms with Crippen LogP contribution in [0.25, 0.3) is 0 Å². The molecule has 1 saturated carbocycles. The van der Waals surface area contributed by atoms with E-state index < -0.39 is 0 Å². The van der Waals surface area contributed by atoms with E-state index in [0.29, 0.717) is 10.9 Å². The fraction of sp³-hybridized carbons (Fsp3) is 0.500. The first-order valence-electron chi connectivity index (χ1n) is 10.1. The van der Waals surface area contributed by atoms with Crippen molar-refractivity contribution in [2.24, 2.45) is 5.92 Å². The van der Waals surface area contributed by atoms with E-state index in [1.54, 1.807) is 6.08 Å². The van der Waals surface area contributed by atoms with Crippen LogP contribution in [-0.2, 0) is 16.6 Å². The van der Waals surface area contributed by atoms with Crippen molar-refractivity contribution in [3.8, 4) is 0 Å². The lowest BCUT2D eigenvalue weighted by Gasteiger charge is -2.23. The number of aromatic amines is 1. The second-order valence-corrected chi connectivity index (χ2v) is 9.35. The maximum atomic E-state index is 12.7. The molecular weight excluding hydrogens is 368 g/mol. The molecule has 5 nitrogen and oxygen atoms in total. The van der Waals surface area contributed by atoms with Crippen LogP contribution in [-0.4, -0.2) is 33.8 Å². The van der Waals surface area contributed by atoms with Crippen molar-refractivity contribution >= 4 is 23.2 Å². The molecule has 1 aliphatic carbocycles. The Bertz CT molecular complexity index is 895. The second-order valence-electron chi connectivity index (χ2n) is 8.41. The average Bonchev–Trinajstić information content (AvgIpc) is 3.39. The molecule has 1 aromatic carbocycles. The first-order chi connectivity index (χ1) is 13.4. The Morgan fingerprint density at radius 1 is 1.32 bits per heavy atom. The maximum absolute atomic E-state index is 12.7. The molecule has 148 valence electrons. The SMILES string of the molecule is CN1/C(=C\C(=O)CSc2n[nH]c(CC3CCCC3)n2)C(C)(C)c2ccccc21. The summed E-state index contributed by atoms with van der Waals surface area (Å²) in [4.78, 5) is 19.3. The number of carbonyl (C=O) groups excluding carboxylic acids is 1. The van der Waals surface area contributed by atoms with Crippen LogP contribution in [0, 0.1) is 5.92 Å². The fourth-order valence-electron chi connectivity index (χ4n) is 4.51. The van der Waals surface area contributed by atoms with Gasteiger partial charge >= 0.3 is 0 Å². The van der Waals surface area contributed by atoms with Crippen molar-refractivity contribution in [3.05, 3.63) is 47.4 Å². The number of hydrogen-bond donors (Lipinski definition) is 1. The summed E-state index contributed by atoms with van der Waals surface area (Å²) in [7, 11) is 2.03. The van der Waals surface area contributed by atoms with Gasteiger partial charge in [-0.2, -0.15) is 0 Å². The summed E-state index contributed by atoms with van der Waals surface area (Å²) in [5, 5.41) is 7.99. The van der Waals surface area contributed by atoms with E-state index in [-0.39, 0.29) is 11.2 Å². The number of thioether (sulfide) groups is 1. The molecule has 6 heteroatoms. The molecule has 0 saturated heterocycles. The van der Waals surface area contributed by atoms with Crippen molar-refractivity contribution in [1.29, 1.82) is 0 Å². The molecule has 0 amide bonds. The molecule has 4 rings (SSSR count). The minimum atomic E-state index is -0.176. The Labute approximate surface area is 171 Å². The van der Waals surface area contributed by atoms with Gasteiger partial charge in [-0.25, -0.2) is 4.98 Å². The van der Waals surface area contributed by atoms with E-state index in [9.17, 15) is 4.79 Å². The Hall–Kier alpha value is -2.08. The first kappa shape index (κ1) is 19.2. The number of fused-ring (bicyclic) bond motifs is 1. The minimum absolute atomic E-state index is 0.0925. The molecule has 0 atom stereocenters. The molecular formula is C22H28N4OS. The first-order valence-corrected chi connectivity index (χ1v) is 11.1. The van der Waals surface area contributed by atoms with Crippen LogP contribution in [0.5, 0.6) is 0 Å². The smallest absolute Gasteiger partial charge is 0.208 e. The molecule has 1 aliphatic heterocycles. The zero-order valence-corrected chi connectivity index (χ0v) is 17.7. The number of nitrogens with zero attached hydrogens (tertiary/aromatic N) is 3. The molecule has 0 radical (unpaired) electrons. The number of likely N-dealkylation sites (N-methyl/N-ethyl adjacent to an activating group) is 1. The number of H-pyrrole nitrogens is 1. The third-order valence-electron chi connectivity index (χ3n) is 6.05. The van der Waals surface area contributed by atoms with E-state index >= 15 is 0 Å². The number of hydrogen-bond acceptors (Lipinski definition) is 5. The summed E-state index contributed by atoms with van der Waals surface area (Å²) in [6.45, 7) is 4.35. The number of rotatable bonds is 6. The number of benzene rings is 1. The highest BCUT2D eigenvalue weighted by atomic mass is 32.2. The number of nitrogens with one attached hydrogen (secondary N) is 1. The number of aromatic nitrogens is 3. The lowest BCUT2D eigenvalue weighted by atomic mass is 9.83. The molecule has 28 heavy (non-hydrogen) atoms. The summed E-state index contributed by atoms with van der Waals surface area (Å²) in [6.07, 6.45) is 8.01. The summed E-state index contributed by atoms with van der Waals surface area (Å²) in [5.41, 5.74) is 3.29. The van der Waals surface area contributed by atoms with Gasteiger partial charge in [0.25, 0.3) is 0 Å². The molecule has 2 aromatic rings. The molecule has 1 N–H and O–H groups in total. The van der Waals surface area contributed by atoms with Crippen LogP contribution >= 0.6 is 11.8 Å². The van der Waals surface area contributed by atoms with Crippen molar-refractivity contribution in [2.45, 2.75) is 56.5 Å². The Morgan fingerprint density at radius 2 is 2.07 bits per heavy atom. The van der Waals surface area contributed by atoms with Gasteiger partial charge in [0.2, 0.25) is 5.16 Å². The van der Waals surface area contributed by atoms with Gasteiger partial charge in [0.1, 0.15) is 5.82 Å². The van der Waals surface area contributed by atoms with Crippen LogP contribution in [0.4, 0.5) is 5.69 Å². The van der Waals surface area contributed by atoms with Crippen LogP contribution < -0.4 is 4.90 Å². The maximum Gasteiger partial charge on any atom is 0.208 e. The largest absolute Gasteiger partial charge is 0.347 e. The highest BCUT2D eigenvalue weighted by Crippen LogP contribution is 2.46. The number of allylic oxidation sites excluding steroid dienone is 2. The van der Waals surface area contributed by atoms with Crippen molar-refractivity contribution in [2.75, 3.05) is 17.7 Å². The Kier molecular flexibility index (Phi) is 5.32. The van der Waals surface area contributed by atoms with Gasteiger partial charge in [-0.05, 0) is 17.5 Å². The van der Waals surface area contributed by atoms with Crippen molar-refractivity contribution < 1.29 is 4.79 Å². The van der Waals surface area contributed by atoms with Gasteiger partial charge in [0.15, 0.2) is 5.78 Å². The zero-order valence-electron chi connectivity index (χ0n) is 16.9. The van der Waals surface area contributed by atoms with Gasteiger partial charge < -0.3 is 4.90 Å². The van der Waals surface area contributed by atoms with Gasteiger partial charge in [-0.15, -0.1) is 5.10 Å². The van der Waals surface area contributed by atoms with Crippen LogP contribution in [0.2, 0.25) is 0 Å². The van der Waals surface area contributed by atoms with E-state index in [1.165, 1.54) is 48.7 Å². The van der Waals surface area contributed by atoms with E-state index in [4.69, 9.17) is 0 Å². The van der Waals surface area contributed by atoms with Crippen LogP contribution in [0.15, 0.2) is 41.2 Å². The highest BCUT2D eigenvalue weighted by molar-refractivity contribution is 7.99. The minimum Gasteiger partial charge on any atom is -0.347 e. The monoisotopic (exact) mass is 396 g/mol. The van der Waals surface area contributed by atoms with E-state index in [0.717, 1.165) is 23.9 Å².